The zero-order valence-corrected chi connectivity index (χ0v) is 14.1. The van der Waals surface area contributed by atoms with Crippen LogP contribution in [-0.4, -0.2) is 26.5 Å². The van der Waals surface area contributed by atoms with Crippen LogP contribution in [0.5, 0.6) is 0 Å². The van der Waals surface area contributed by atoms with E-state index in [4.69, 9.17) is 32.7 Å². The second kappa shape index (κ2) is 7.42. The Labute approximate surface area is 139 Å². The number of halogens is 2. The van der Waals surface area contributed by atoms with E-state index >= 15 is 0 Å². The number of alkyl halides is 2. The second-order valence-corrected chi connectivity index (χ2v) is 6.42. The molecule has 7 heteroatoms. The molecule has 1 atom stereocenters. The molecule has 1 saturated heterocycles. The van der Waals surface area contributed by atoms with Crippen LogP contribution in [0, 0.1) is 6.92 Å². The molecule has 1 aromatic heterocycles. The third-order valence-electron chi connectivity index (χ3n) is 3.12. The summed E-state index contributed by atoms with van der Waals surface area (Å²) in [5.41, 5.74) is 1.88. The van der Waals surface area contributed by atoms with Gasteiger partial charge >= 0.3 is 0 Å². The number of aromatic amines is 1. The van der Waals surface area contributed by atoms with Crippen LogP contribution in [0.3, 0.4) is 0 Å². The minimum Gasteiger partial charge on any atom is -0.340 e. The summed E-state index contributed by atoms with van der Waals surface area (Å²) in [5, 5.41) is 9.70. The highest BCUT2D eigenvalue weighted by Gasteiger charge is 2.49. The maximum Gasteiger partial charge on any atom is 0.244 e. The summed E-state index contributed by atoms with van der Waals surface area (Å²) in [6.45, 7) is 4.13. The third kappa shape index (κ3) is 4.43. The van der Waals surface area contributed by atoms with E-state index in [0.717, 1.165) is 24.1 Å². The predicted octanol–water partition coefficient (Wildman–Crippen LogP) is 3.93. The van der Waals surface area contributed by atoms with E-state index in [-0.39, 0.29) is 6.61 Å². The first-order chi connectivity index (χ1) is 10.5. The Morgan fingerprint density at radius 1 is 1.27 bits per heavy atom. The van der Waals surface area contributed by atoms with Gasteiger partial charge in [-0.25, -0.2) is 0 Å². The van der Waals surface area contributed by atoms with E-state index < -0.39 is 10.3 Å². The van der Waals surface area contributed by atoms with Gasteiger partial charge in [0, 0.05) is 12.0 Å². The highest BCUT2D eigenvalue weighted by Crippen LogP contribution is 2.46. The van der Waals surface area contributed by atoms with Crippen molar-refractivity contribution < 1.29 is 9.47 Å². The number of ether oxygens (including phenoxy) is 2. The molecule has 22 heavy (non-hydrogen) atoms. The van der Waals surface area contributed by atoms with Gasteiger partial charge in [-0.1, -0.05) is 66.9 Å². The summed E-state index contributed by atoms with van der Waals surface area (Å²) in [7, 11) is 0. The van der Waals surface area contributed by atoms with Crippen LogP contribution in [-0.2, 0) is 15.3 Å². The standard InChI is InChI=1S/C12H14Cl2O2.C3H5N3/c1-2-8-11(10-6-4-3-5-7-10)15-9-12(13,14)16-11;1-3-2-4-6-5-3/h3-7H,2,8-9H2,1H3;2H,1H3,(H,4,5,6). The molecule has 120 valence electrons. The number of aromatic nitrogens is 3. The Balaban J connectivity index is 0.000000246. The van der Waals surface area contributed by atoms with Crippen molar-refractivity contribution in [3.8, 4) is 0 Å². The van der Waals surface area contributed by atoms with Gasteiger partial charge < -0.3 is 9.47 Å². The lowest BCUT2D eigenvalue weighted by molar-refractivity contribution is -0.179. The van der Waals surface area contributed by atoms with E-state index in [1.807, 2.05) is 37.3 Å². The predicted molar refractivity (Wildman–Crippen MR) is 85.6 cm³/mol. The van der Waals surface area contributed by atoms with Gasteiger partial charge in [-0.3, -0.25) is 0 Å². The van der Waals surface area contributed by atoms with Crippen LogP contribution < -0.4 is 0 Å². The molecule has 1 N–H and O–H groups in total. The number of aryl methyl sites for hydroxylation is 1. The number of rotatable bonds is 3. The number of H-pyrrole nitrogens is 1. The molecule has 1 aromatic carbocycles. The van der Waals surface area contributed by atoms with E-state index in [9.17, 15) is 0 Å². The Morgan fingerprint density at radius 2 is 2.00 bits per heavy atom. The Morgan fingerprint density at radius 3 is 2.41 bits per heavy atom. The van der Waals surface area contributed by atoms with E-state index in [1.165, 1.54) is 0 Å². The fourth-order valence-corrected chi connectivity index (χ4v) is 2.55. The van der Waals surface area contributed by atoms with Gasteiger partial charge in [-0.15, -0.1) is 0 Å². The molecule has 0 aliphatic carbocycles. The van der Waals surface area contributed by atoms with Gasteiger partial charge in [0.05, 0.1) is 11.9 Å². The number of nitrogens with one attached hydrogen (secondary N) is 1. The maximum atomic E-state index is 5.96. The molecule has 1 unspecified atom stereocenters. The molecule has 1 fully saturated rings. The summed E-state index contributed by atoms with van der Waals surface area (Å²) in [6.07, 6.45) is 3.33. The first-order valence-electron chi connectivity index (χ1n) is 7.07. The van der Waals surface area contributed by atoms with Crippen molar-refractivity contribution in [2.75, 3.05) is 6.61 Å². The Bertz CT molecular complexity index is 563. The van der Waals surface area contributed by atoms with Gasteiger partial charge in [-0.2, -0.15) is 15.4 Å². The average molecular weight is 344 g/mol. The molecule has 0 bridgehead atoms. The second-order valence-electron chi connectivity index (χ2n) is 5.01. The van der Waals surface area contributed by atoms with Gasteiger partial charge in [-0.05, 0) is 6.92 Å². The summed E-state index contributed by atoms with van der Waals surface area (Å²) in [5.74, 6) is -0.792. The van der Waals surface area contributed by atoms with Crippen LogP contribution in [0.4, 0.5) is 0 Å². The monoisotopic (exact) mass is 343 g/mol. The van der Waals surface area contributed by atoms with Gasteiger partial charge in [0.2, 0.25) is 4.52 Å². The third-order valence-corrected chi connectivity index (χ3v) is 3.49. The molecule has 2 heterocycles. The smallest absolute Gasteiger partial charge is 0.244 e. The van der Waals surface area contributed by atoms with Crippen LogP contribution >= 0.6 is 23.2 Å². The van der Waals surface area contributed by atoms with Crippen molar-refractivity contribution in [3.63, 3.8) is 0 Å². The number of hydrogen-bond acceptors (Lipinski definition) is 4. The highest BCUT2D eigenvalue weighted by atomic mass is 35.5. The van der Waals surface area contributed by atoms with E-state index in [0.29, 0.717) is 0 Å². The van der Waals surface area contributed by atoms with Gasteiger partial charge in [0.15, 0.2) is 5.79 Å². The lowest BCUT2D eigenvalue weighted by atomic mass is 10.0. The van der Waals surface area contributed by atoms with Crippen molar-refractivity contribution >= 4 is 23.2 Å². The normalized spacial score (nSPS) is 22.9. The Kier molecular flexibility index (Phi) is 5.81. The lowest BCUT2D eigenvalue weighted by Crippen LogP contribution is -2.29. The first-order valence-corrected chi connectivity index (χ1v) is 7.83. The summed E-state index contributed by atoms with van der Waals surface area (Å²) in [4.78, 5) is 0. The molecule has 0 radical (unpaired) electrons. The zero-order chi connectivity index (χ0) is 16.1. The molecule has 5 nitrogen and oxygen atoms in total. The molecule has 1 aliphatic heterocycles. The molecule has 2 aromatic rings. The van der Waals surface area contributed by atoms with E-state index in [1.54, 1.807) is 6.20 Å². The van der Waals surface area contributed by atoms with Crippen molar-refractivity contribution in [3.05, 3.63) is 47.8 Å². The molecule has 0 spiro atoms. The van der Waals surface area contributed by atoms with Crippen molar-refractivity contribution in [1.82, 2.24) is 15.4 Å². The van der Waals surface area contributed by atoms with Crippen molar-refractivity contribution in [2.45, 2.75) is 37.0 Å². The van der Waals surface area contributed by atoms with Crippen molar-refractivity contribution in [1.29, 1.82) is 0 Å². The molecular weight excluding hydrogens is 325 g/mol. The quantitative estimate of drug-likeness (QED) is 0.857. The SMILES string of the molecule is CCCC1(c2ccccc2)OCC(Cl)(Cl)O1.Cc1cn[nH]n1. The number of nitrogens with zero attached hydrogens (tertiary/aromatic N) is 2. The first kappa shape index (κ1) is 17.2. The molecule has 1 aliphatic rings. The topological polar surface area (TPSA) is 60.0 Å². The van der Waals surface area contributed by atoms with Crippen LogP contribution in [0.2, 0.25) is 0 Å². The van der Waals surface area contributed by atoms with Crippen molar-refractivity contribution in [2.24, 2.45) is 0 Å². The lowest BCUT2D eigenvalue weighted by Gasteiger charge is -2.28. The Hall–Kier alpha value is -1.14. The molecule has 0 amide bonds. The van der Waals surface area contributed by atoms with Crippen LogP contribution in [0.1, 0.15) is 31.0 Å². The summed E-state index contributed by atoms with van der Waals surface area (Å²) < 4.78 is 10.1. The molecule has 3 rings (SSSR count). The number of benzene rings is 1. The minimum atomic E-state index is -1.25. The number of hydrogen-bond donors (Lipinski definition) is 1. The maximum absolute atomic E-state index is 5.96. The minimum absolute atomic E-state index is 0.186. The fraction of sp³-hybridized carbons (Fsp3) is 0.467. The van der Waals surface area contributed by atoms with Crippen LogP contribution in [0.15, 0.2) is 36.5 Å². The molecular formula is C15H19Cl2N3O2. The fourth-order valence-electron chi connectivity index (χ4n) is 2.19. The molecule has 0 saturated carbocycles. The zero-order valence-electron chi connectivity index (χ0n) is 12.6. The highest BCUT2D eigenvalue weighted by molar-refractivity contribution is 6.47. The summed E-state index contributed by atoms with van der Waals surface area (Å²) >= 11 is 11.9. The largest absolute Gasteiger partial charge is 0.340 e. The van der Waals surface area contributed by atoms with Gasteiger partial charge in [0.1, 0.15) is 6.61 Å². The summed E-state index contributed by atoms with van der Waals surface area (Å²) in [6, 6.07) is 9.77. The van der Waals surface area contributed by atoms with Crippen LogP contribution in [0.25, 0.3) is 0 Å². The van der Waals surface area contributed by atoms with Gasteiger partial charge in [0.25, 0.3) is 0 Å². The average Bonchev–Trinajstić information content (AvgIpc) is 3.09. The van der Waals surface area contributed by atoms with E-state index in [2.05, 4.69) is 22.3 Å².